The first-order chi connectivity index (χ1) is 6.40. The van der Waals surface area contributed by atoms with Crippen molar-refractivity contribution in [3.05, 3.63) is 0 Å². The van der Waals surface area contributed by atoms with Gasteiger partial charge in [0, 0.05) is 25.9 Å². The van der Waals surface area contributed by atoms with Gasteiger partial charge in [0.1, 0.15) is 6.04 Å². The van der Waals surface area contributed by atoms with Crippen molar-refractivity contribution in [2.24, 2.45) is 5.92 Å². The Morgan fingerprint density at radius 1 is 1.36 bits per heavy atom. The second-order valence-corrected chi connectivity index (χ2v) is 3.83. The fourth-order valence-corrected chi connectivity index (χ4v) is 1.01. The summed E-state index contributed by atoms with van der Waals surface area (Å²) in [4.78, 5) is 24.2. The van der Waals surface area contributed by atoms with E-state index in [1.54, 1.807) is 27.9 Å². The predicted molar refractivity (Wildman–Crippen MR) is 56.2 cm³/mol. The van der Waals surface area contributed by atoms with Gasteiger partial charge in [0.25, 0.3) is 0 Å². The maximum Gasteiger partial charge on any atom is 0.244 e. The van der Waals surface area contributed by atoms with Crippen LogP contribution in [0.5, 0.6) is 0 Å². The number of likely N-dealkylation sites (N-methyl/N-ethyl adjacent to an activating group) is 1. The Labute approximate surface area is 89.6 Å². The van der Waals surface area contributed by atoms with Gasteiger partial charge in [0.2, 0.25) is 11.8 Å². The molecule has 2 unspecified atom stereocenters. The molecule has 0 aliphatic carbocycles. The summed E-state index contributed by atoms with van der Waals surface area (Å²) in [5.74, 6) is -0.328. The largest absolute Gasteiger partial charge is 0.347 e. The van der Waals surface area contributed by atoms with Crippen LogP contribution in [-0.2, 0) is 9.59 Å². The third-order valence-electron chi connectivity index (χ3n) is 1.85. The SMILES string of the molecule is CC(CCl)C(=O)NC(C)C(=O)N(C)C. The van der Waals surface area contributed by atoms with E-state index in [2.05, 4.69) is 5.32 Å². The van der Waals surface area contributed by atoms with Crippen molar-refractivity contribution in [2.45, 2.75) is 19.9 Å². The van der Waals surface area contributed by atoms with Crippen molar-refractivity contribution < 1.29 is 9.59 Å². The highest BCUT2D eigenvalue weighted by molar-refractivity contribution is 6.19. The quantitative estimate of drug-likeness (QED) is 0.700. The summed E-state index contributed by atoms with van der Waals surface area (Å²) in [6.45, 7) is 3.37. The van der Waals surface area contributed by atoms with Gasteiger partial charge in [-0.15, -0.1) is 11.6 Å². The maximum absolute atomic E-state index is 11.4. The summed E-state index contributed by atoms with van der Waals surface area (Å²) in [7, 11) is 3.30. The van der Waals surface area contributed by atoms with Crippen LogP contribution in [0.15, 0.2) is 0 Å². The number of hydrogen-bond donors (Lipinski definition) is 1. The molecule has 0 saturated carbocycles. The number of alkyl halides is 1. The van der Waals surface area contributed by atoms with Crippen LogP contribution in [0.25, 0.3) is 0 Å². The Bertz CT molecular complexity index is 219. The molecule has 0 saturated heterocycles. The average Bonchev–Trinajstić information content (AvgIpc) is 2.14. The lowest BCUT2D eigenvalue weighted by Crippen LogP contribution is -2.46. The van der Waals surface area contributed by atoms with Gasteiger partial charge in [-0.25, -0.2) is 0 Å². The van der Waals surface area contributed by atoms with Crippen molar-refractivity contribution in [2.75, 3.05) is 20.0 Å². The number of carbonyl (C=O) groups is 2. The van der Waals surface area contributed by atoms with E-state index in [-0.39, 0.29) is 23.6 Å². The van der Waals surface area contributed by atoms with Gasteiger partial charge < -0.3 is 10.2 Å². The highest BCUT2D eigenvalue weighted by atomic mass is 35.5. The summed E-state index contributed by atoms with van der Waals surface area (Å²) in [5.41, 5.74) is 0. The fourth-order valence-electron chi connectivity index (χ4n) is 0.875. The van der Waals surface area contributed by atoms with E-state index in [1.165, 1.54) is 4.90 Å². The van der Waals surface area contributed by atoms with E-state index in [9.17, 15) is 9.59 Å². The second-order valence-electron chi connectivity index (χ2n) is 3.52. The highest BCUT2D eigenvalue weighted by Gasteiger charge is 2.19. The molecule has 5 heteroatoms. The number of amides is 2. The van der Waals surface area contributed by atoms with Crippen molar-refractivity contribution in [3.8, 4) is 0 Å². The minimum atomic E-state index is -0.497. The highest BCUT2D eigenvalue weighted by Crippen LogP contribution is 1.99. The fraction of sp³-hybridized carbons (Fsp3) is 0.778. The lowest BCUT2D eigenvalue weighted by atomic mass is 10.2. The molecule has 1 N–H and O–H groups in total. The van der Waals surface area contributed by atoms with Crippen LogP contribution in [0.2, 0.25) is 0 Å². The summed E-state index contributed by atoms with van der Waals surface area (Å²) in [6.07, 6.45) is 0. The minimum absolute atomic E-state index is 0.125. The van der Waals surface area contributed by atoms with E-state index in [1.807, 2.05) is 0 Å². The molecular weight excluding hydrogens is 204 g/mol. The van der Waals surface area contributed by atoms with Crippen LogP contribution < -0.4 is 5.32 Å². The third-order valence-corrected chi connectivity index (χ3v) is 2.31. The van der Waals surface area contributed by atoms with Gasteiger partial charge in [-0.05, 0) is 6.92 Å². The molecule has 0 heterocycles. The standard InChI is InChI=1S/C9H17ClN2O2/c1-6(5-10)8(13)11-7(2)9(14)12(3)4/h6-7H,5H2,1-4H3,(H,11,13). The lowest BCUT2D eigenvalue weighted by Gasteiger charge is -2.19. The summed E-state index contributed by atoms with van der Waals surface area (Å²) in [5, 5.41) is 2.60. The number of halogens is 1. The van der Waals surface area contributed by atoms with Crippen LogP contribution >= 0.6 is 11.6 Å². The predicted octanol–water partition coefficient (Wildman–Crippen LogP) is 0.454. The van der Waals surface area contributed by atoms with E-state index in [0.717, 1.165) is 0 Å². The summed E-state index contributed by atoms with van der Waals surface area (Å²) in [6, 6.07) is -0.497. The van der Waals surface area contributed by atoms with Gasteiger partial charge in [0.15, 0.2) is 0 Å². The Morgan fingerprint density at radius 2 is 1.86 bits per heavy atom. The zero-order chi connectivity index (χ0) is 11.3. The van der Waals surface area contributed by atoms with Crippen LogP contribution in [0.4, 0.5) is 0 Å². The normalized spacial score (nSPS) is 14.4. The first-order valence-corrected chi connectivity index (χ1v) is 5.01. The van der Waals surface area contributed by atoms with E-state index >= 15 is 0 Å². The first-order valence-electron chi connectivity index (χ1n) is 4.47. The smallest absolute Gasteiger partial charge is 0.244 e. The zero-order valence-corrected chi connectivity index (χ0v) is 9.76. The lowest BCUT2D eigenvalue weighted by molar-refractivity contribution is -0.134. The van der Waals surface area contributed by atoms with Gasteiger partial charge >= 0.3 is 0 Å². The molecule has 0 radical (unpaired) electrons. The van der Waals surface area contributed by atoms with Crippen LogP contribution in [0.3, 0.4) is 0 Å². The topological polar surface area (TPSA) is 49.4 Å². The van der Waals surface area contributed by atoms with Gasteiger partial charge in [-0.2, -0.15) is 0 Å². The van der Waals surface area contributed by atoms with Crippen LogP contribution in [0, 0.1) is 5.92 Å². The van der Waals surface area contributed by atoms with Crippen molar-refractivity contribution in [1.29, 1.82) is 0 Å². The Hall–Kier alpha value is -0.770. The van der Waals surface area contributed by atoms with Crippen molar-refractivity contribution in [1.82, 2.24) is 10.2 Å². The third kappa shape index (κ3) is 3.96. The van der Waals surface area contributed by atoms with Gasteiger partial charge in [0.05, 0.1) is 0 Å². The average molecular weight is 221 g/mol. The van der Waals surface area contributed by atoms with Crippen LogP contribution in [-0.4, -0.2) is 42.7 Å². The molecule has 2 atom stereocenters. The summed E-state index contributed by atoms with van der Waals surface area (Å²) < 4.78 is 0. The Balaban J connectivity index is 4.12. The molecule has 0 aliphatic heterocycles. The van der Waals surface area contributed by atoms with Crippen molar-refractivity contribution in [3.63, 3.8) is 0 Å². The molecular formula is C9H17ClN2O2. The second kappa shape index (κ2) is 5.86. The van der Waals surface area contributed by atoms with E-state index < -0.39 is 6.04 Å². The molecule has 82 valence electrons. The number of nitrogens with zero attached hydrogens (tertiary/aromatic N) is 1. The molecule has 0 aromatic carbocycles. The minimum Gasteiger partial charge on any atom is -0.347 e. The molecule has 0 spiro atoms. The van der Waals surface area contributed by atoms with Crippen LogP contribution in [0.1, 0.15) is 13.8 Å². The number of nitrogens with one attached hydrogen (secondary N) is 1. The monoisotopic (exact) mass is 220 g/mol. The zero-order valence-electron chi connectivity index (χ0n) is 9.00. The van der Waals surface area contributed by atoms with Gasteiger partial charge in [-0.1, -0.05) is 6.92 Å². The van der Waals surface area contributed by atoms with E-state index in [0.29, 0.717) is 0 Å². The number of rotatable bonds is 4. The molecule has 0 aromatic heterocycles. The molecule has 14 heavy (non-hydrogen) atoms. The van der Waals surface area contributed by atoms with E-state index in [4.69, 9.17) is 11.6 Å². The molecule has 0 aliphatic rings. The Morgan fingerprint density at radius 3 is 2.21 bits per heavy atom. The first kappa shape index (κ1) is 13.2. The maximum atomic E-state index is 11.4. The molecule has 2 amide bonds. The molecule has 0 fully saturated rings. The van der Waals surface area contributed by atoms with Gasteiger partial charge in [-0.3, -0.25) is 9.59 Å². The molecule has 0 rings (SSSR count). The molecule has 0 bridgehead atoms. The summed E-state index contributed by atoms with van der Waals surface area (Å²) >= 11 is 5.52. The number of hydrogen-bond acceptors (Lipinski definition) is 2. The number of carbonyl (C=O) groups excluding carboxylic acids is 2. The van der Waals surface area contributed by atoms with Crippen molar-refractivity contribution >= 4 is 23.4 Å². The molecule has 0 aromatic rings. The molecule has 4 nitrogen and oxygen atoms in total. The Kier molecular flexibility index (Phi) is 5.53.